The van der Waals surface area contributed by atoms with Crippen LogP contribution in [0, 0.1) is 0 Å². The summed E-state index contributed by atoms with van der Waals surface area (Å²) in [6.45, 7) is 6.57. The third-order valence-electron chi connectivity index (χ3n) is 0.994. The van der Waals surface area contributed by atoms with Gasteiger partial charge < -0.3 is 10.4 Å². The van der Waals surface area contributed by atoms with Crippen LogP contribution in [0.1, 0.15) is 27.2 Å². The predicted octanol–water partition coefficient (Wildman–Crippen LogP) is 1.27. The Hall–Kier alpha value is -0.280. The van der Waals surface area contributed by atoms with Crippen LogP contribution in [0.3, 0.4) is 0 Å². The second-order valence-electron chi connectivity index (χ2n) is 3.32. The summed E-state index contributed by atoms with van der Waals surface area (Å²) in [4.78, 5) is 10.0. The summed E-state index contributed by atoms with van der Waals surface area (Å²) in [5.74, 6) is -0.753. The zero-order chi connectivity index (χ0) is 8.20. The van der Waals surface area contributed by atoms with Gasteiger partial charge in [0.05, 0.1) is 6.42 Å². The first-order valence-electron chi connectivity index (χ1n) is 3.38. The van der Waals surface area contributed by atoms with Gasteiger partial charge in [-0.2, -0.15) is 0 Å². The maximum atomic E-state index is 10.0. The summed E-state index contributed by atoms with van der Waals surface area (Å²) in [5.41, 5.74) is 0.0233. The molecule has 68 valence electrons. The number of rotatable bonds is 3. The minimum atomic E-state index is -0.753. The molecule has 0 atom stereocenters. The highest BCUT2D eigenvalue weighted by Gasteiger charge is 2.08. The highest BCUT2D eigenvalue weighted by atomic mass is 35.5. The second-order valence-corrected chi connectivity index (χ2v) is 3.32. The Morgan fingerprint density at radius 1 is 1.45 bits per heavy atom. The van der Waals surface area contributed by atoms with E-state index < -0.39 is 5.97 Å². The third kappa shape index (κ3) is 12.8. The maximum absolute atomic E-state index is 10.0. The molecule has 0 aliphatic rings. The molecule has 0 heterocycles. The number of carbonyl (C=O) groups is 1. The van der Waals surface area contributed by atoms with Gasteiger partial charge in [0.1, 0.15) is 0 Å². The van der Waals surface area contributed by atoms with E-state index in [-0.39, 0.29) is 24.4 Å². The normalized spacial score (nSPS) is 10.5. The highest BCUT2D eigenvalue weighted by Crippen LogP contribution is 1.97. The van der Waals surface area contributed by atoms with Crippen molar-refractivity contribution in [3.8, 4) is 0 Å². The lowest BCUT2D eigenvalue weighted by molar-refractivity contribution is -0.136. The molecule has 11 heavy (non-hydrogen) atoms. The molecule has 0 saturated heterocycles. The summed E-state index contributed by atoms with van der Waals surface area (Å²) in [6, 6.07) is 0. The highest BCUT2D eigenvalue weighted by molar-refractivity contribution is 5.85. The van der Waals surface area contributed by atoms with Gasteiger partial charge in [-0.3, -0.25) is 4.79 Å². The fourth-order valence-corrected chi connectivity index (χ4v) is 0.544. The molecule has 0 fully saturated rings. The third-order valence-corrected chi connectivity index (χ3v) is 0.994. The molecule has 4 heteroatoms. The van der Waals surface area contributed by atoms with Gasteiger partial charge in [-0.1, -0.05) is 0 Å². The Morgan fingerprint density at radius 2 is 1.91 bits per heavy atom. The smallest absolute Gasteiger partial charge is 0.304 e. The molecule has 3 nitrogen and oxygen atoms in total. The van der Waals surface area contributed by atoms with Crippen molar-refractivity contribution in [2.75, 3.05) is 6.54 Å². The molecule has 0 aliphatic heterocycles. The summed E-state index contributed by atoms with van der Waals surface area (Å²) >= 11 is 0. The Morgan fingerprint density at radius 3 is 2.18 bits per heavy atom. The molecule has 0 aromatic heterocycles. The number of carboxylic acid groups (broad SMARTS) is 1. The number of hydrogen-bond donors (Lipinski definition) is 2. The molecule has 0 bridgehead atoms. The van der Waals surface area contributed by atoms with Crippen LogP contribution in [-0.4, -0.2) is 23.2 Å². The van der Waals surface area contributed by atoms with Crippen LogP contribution in [0.25, 0.3) is 0 Å². The van der Waals surface area contributed by atoms with Crippen LogP contribution in [0.15, 0.2) is 0 Å². The van der Waals surface area contributed by atoms with Gasteiger partial charge in [0.15, 0.2) is 0 Å². The van der Waals surface area contributed by atoms with Crippen LogP contribution < -0.4 is 5.32 Å². The van der Waals surface area contributed by atoms with Gasteiger partial charge in [-0.05, 0) is 20.8 Å². The lowest BCUT2D eigenvalue weighted by Gasteiger charge is -2.19. The lowest BCUT2D eigenvalue weighted by Crippen LogP contribution is -2.37. The predicted molar refractivity (Wildman–Crippen MR) is 47.3 cm³/mol. The van der Waals surface area contributed by atoms with Crippen molar-refractivity contribution in [2.45, 2.75) is 32.7 Å². The summed E-state index contributed by atoms with van der Waals surface area (Å²) < 4.78 is 0. The average molecular weight is 182 g/mol. The standard InChI is InChI=1S/C7H15NO2.ClH/c1-7(2,3)8-5-4-6(9)10;/h8H,4-5H2,1-3H3,(H,9,10);1H. The maximum Gasteiger partial charge on any atom is 0.304 e. The van der Waals surface area contributed by atoms with Gasteiger partial charge >= 0.3 is 5.97 Å². The summed E-state index contributed by atoms with van der Waals surface area (Å²) in [5, 5.41) is 11.3. The largest absolute Gasteiger partial charge is 0.481 e. The van der Waals surface area contributed by atoms with Gasteiger partial charge in [0.25, 0.3) is 0 Å². The Kier molecular flexibility index (Phi) is 6.52. The number of carboxylic acids is 1. The van der Waals surface area contributed by atoms with Crippen molar-refractivity contribution in [3.63, 3.8) is 0 Å². The zero-order valence-corrected chi connectivity index (χ0v) is 7.99. The van der Waals surface area contributed by atoms with Crippen molar-refractivity contribution >= 4 is 18.4 Å². The van der Waals surface area contributed by atoms with Crippen LogP contribution >= 0.6 is 12.4 Å². The fraction of sp³-hybridized carbons (Fsp3) is 0.857. The molecule has 0 amide bonds. The molecule has 0 saturated carbocycles. The van der Waals surface area contributed by atoms with E-state index >= 15 is 0 Å². The Labute approximate surface area is 73.6 Å². The molecule has 0 aliphatic carbocycles. The number of aliphatic carboxylic acids is 1. The second kappa shape index (κ2) is 5.38. The van der Waals surface area contributed by atoms with Gasteiger partial charge in [-0.15, -0.1) is 12.4 Å². The number of nitrogens with one attached hydrogen (secondary N) is 1. The molecular formula is C7H16ClNO2. The molecule has 0 rings (SSSR count). The molecule has 0 radical (unpaired) electrons. The van der Waals surface area contributed by atoms with E-state index in [1.807, 2.05) is 20.8 Å². The van der Waals surface area contributed by atoms with Gasteiger partial charge in [-0.25, -0.2) is 0 Å². The quantitative estimate of drug-likeness (QED) is 0.690. The van der Waals surface area contributed by atoms with Crippen LogP contribution in [0.5, 0.6) is 0 Å². The topological polar surface area (TPSA) is 49.3 Å². The van der Waals surface area contributed by atoms with E-state index in [1.54, 1.807) is 0 Å². The van der Waals surface area contributed by atoms with Crippen molar-refractivity contribution < 1.29 is 9.90 Å². The molecular weight excluding hydrogens is 166 g/mol. The van der Waals surface area contributed by atoms with Crippen molar-refractivity contribution in [1.29, 1.82) is 0 Å². The monoisotopic (exact) mass is 181 g/mol. The molecule has 2 N–H and O–H groups in total. The van der Waals surface area contributed by atoms with Crippen molar-refractivity contribution in [3.05, 3.63) is 0 Å². The van der Waals surface area contributed by atoms with E-state index in [0.29, 0.717) is 6.54 Å². The zero-order valence-electron chi connectivity index (χ0n) is 7.18. The van der Waals surface area contributed by atoms with E-state index in [2.05, 4.69) is 5.32 Å². The van der Waals surface area contributed by atoms with E-state index in [0.717, 1.165) is 0 Å². The summed E-state index contributed by atoms with van der Waals surface area (Å²) in [6.07, 6.45) is 0.192. The van der Waals surface area contributed by atoms with Crippen molar-refractivity contribution in [2.24, 2.45) is 0 Å². The van der Waals surface area contributed by atoms with E-state index in [9.17, 15) is 4.79 Å². The van der Waals surface area contributed by atoms with E-state index in [1.165, 1.54) is 0 Å². The average Bonchev–Trinajstić information content (AvgIpc) is 1.59. The minimum absolute atomic E-state index is 0. The minimum Gasteiger partial charge on any atom is -0.481 e. The Bertz CT molecular complexity index is 120. The van der Waals surface area contributed by atoms with Crippen LogP contribution in [0.2, 0.25) is 0 Å². The first-order valence-corrected chi connectivity index (χ1v) is 3.38. The Balaban J connectivity index is 0. The molecule has 0 aromatic carbocycles. The molecule has 0 spiro atoms. The number of hydrogen-bond acceptors (Lipinski definition) is 2. The van der Waals surface area contributed by atoms with Crippen molar-refractivity contribution in [1.82, 2.24) is 5.32 Å². The fourth-order valence-electron chi connectivity index (χ4n) is 0.544. The first-order chi connectivity index (χ1) is 4.42. The molecule has 0 unspecified atom stereocenters. The van der Waals surface area contributed by atoms with E-state index in [4.69, 9.17) is 5.11 Å². The molecule has 0 aromatic rings. The van der Waals surface area contributed by atoms with Gasteiger partial charge in [0, 0.05) is 12.1 Å². The van der Waals surface area contributed by atoms with Crippen LogP contribution in [0.4, 0.5) is 0 Å². The first kappa shape index (κ1) is 13.3. The van der Waals surface area contributed by atoms with Gasteiger partial charge in [0.2, 0.25) is 0 Å². The van der Waals surface area contributed by atoms with Crippen LogP contribution in [-0.2, 0) is 4.79 Å². The SMILES string of the molecule is CC(C)(C)NCCC(=O)O.Cl. The number of halogens is 1. The summed E-state index contributed by atoms with van der Waals surface area (Å²) in [7, 11) is 0. The lowest BCUT2D eigenvalue weighted by atomic mass is 10.1.